The van der Waals surface area contributed by atoms with E-state index in [9.17, 15) is 14.4 Å². The molecule has 0 atom stereocenters. The van der Waals surface area contributed by atoms with E-state index in [2.05, 4.69) is 41.1 Å². The lowest BCUT2D eigenvalue weighted by Gasteiger charge is -2.25. The second kappa shape index (κ2) is 22.4. The predicted octanol–water partition coefficient (Wildman–Crippen LogP) is 5.25. The lowest BCUT2D eigenvalue weighted by Crippen LogP contribution is -2.42. The van der Waals surface area contributed by atoms with E-state index >= 15 is 0 Å². The normalized spacial score (nSPS) is 12.1. The van der Waals surface area contributed by atoms with Gasteiger partial charge in [-0.3, -0.25) is 19.8 Å². The number of ketones is 1. The summed E-state index contributed by atoms with van der Waals surface area (Å²) in [6, 6.07) is 5.35. The molecule has 1 aliphatic rings. The van der Waals surface area contributed by atoms with Crippen molar-refractivity contribution >= 4 is 29.2 Å². The summed E-state index contributed by atoms with van der Waals surface area (Å²) in [6.07, 6.45) is 2.66. The van der Waals surface area contributed by atoms with Gasteiger partial charge in [-0.15, -0.1) is 0 Å². The van der Waals surface area contributed by atoms with E-state index < -0.39 is 6.09 Å². The molecule has 0 bridgehead atoms. The van der Waals surface area contributed by atoms with Gasteiger partial charge in [0, 0.05) is 43.6 Å². The summed E-state index contributed by atoms with van der Waals surface area (Å²) in [5.41, 5.74) is 4.50. The second-order valence-corrected chi connectivity index (χ2v) is 9.08. The highest BCUT2D eigenvalue weighted by Gasteiger charge is 2.16. The van der Waals surface area contributed by atoms with Crippen LogP contribution in [0.4, 0.5) is 16.2 Å². The first kappa shape index (κ1) is 38.7. The lowest BCUT2D eigenvalue weighted by molar-refractivity contribution is -0.119. The summed E-state index contributed by atoms with van der Waals surface area (Å²) in [4.78, 5) is 38.6. The number of carbonyl (C=O) groups is 3. The Bertz CT molecular complexity index is 952. The molecule has 2 amide bonds. The average molecular weight is 560 g/mol. The zero-order valence-electron chi connectivity index (χ0n) is 26.2. The van der Waals surface area contributed by atoms with E-state index in [0.29, 0.717) is 30.5 Å². The van der Waals surface area contributed by atoms with Crippen LogP contribution in [0.2, 0.25) is 0 Å². The van der Waals surface area contributed by atoms with Gasteiger partial charge in [0.1, 0.15) is 5.78 Å². The van der Waals surface area contributed by atoms with Crippen LogP contribution in [0, 0.1) is 6.92 Å². The number of hydrogen-bond acceptors (Lipinski definition) is 6. The first-order valence-electron chi connectivity index (χ1n) is 14.0. The minimum atomic E-state index is -1.17. The van der Waals surface area contributed by atoms with Gasteiger partial charge >= 0.3 is 6.09 Å². The van der Waals surface area contributed by atoms with Crippen molar-refractivity contribution in [1.82, 2.24) is 15.5 Å². The third kappa shape index (κ3) is 16.5. The molecule has 9 nitrogen and oxygen atoms in total. The Balaban J connectivity index is 0. The molecule has 0 fully saturated rings. The fourth-order valence-corrected chi connectivity index (χ4v) is 3.67. The van der Waals surface area contributed by atoms with Crippen molar-refractivity contribution in [3.8, 4) is 0 Å². The molecule has 1 heterocycles. The van der Waals surface area contributed by atoms with Crippen molar-refractivity contribution in [3.63, 3.8) is 0 Å². The molecular weight excluding hydrogens is 506 g/mol. The number of benzene rings is 1. The van der Waals surface area contributed by atoms with Crippen LogP contribution < -0.4 is 20.9 Å². The summed E-state index contributed by atoms with van der Waals surface area (Å²) in [5, 5.41) is 17.2. The molecule has 40 heavy (non-hydrogen) atoms. The Morgan fingerprint density at radius 3 is 2.02 bits per heavy atom. The van der Waals surface area contributed by atoms with Crippen LogP contribution >= 0.6 is 0 Å². The van der Waals surface area contributed by atoms with Crippen LogP contribution in [0.15, 0.2) is 54.7 Å². The molecule has 4 N–H and O–H groups in total. The first-order chi connectivity index (χ1) is 19.0. The van der Waals surface area contributed by atoms with E-state index in [1.807, 2.05) is 60.6 Å². The minimum Gasteiger partial charge on any atom is -0.465 e. The van der Waals surface area contributed by atoms with Crippen molar-refractivity contribution in [2.45, 2.75) is 61.4 Å². The standard InChI is InChI=1S/C18H28N4O4.C9H13N.2C2H6/c1-12(2)19-7-8-20-17(24)11-22(10-14(4)23)16-9-15(21-18(25)26)6-5-13(16)3;1-4-8-6-10(3)7-9(8)5-2;2*1-2/h5-6,9,12,19,21H,7-8,10-11H2,1-4H3,(H,20,24)(H,25,26);4-5H,1-2,6-7H2,3H3;2*1-2H3. The molecule has 0 spiro atoms. The molecule has 1 aromatic rings. The molecule has 0 aliphatic carbocycles. The number of amides is 2. The molecule has 0 saturated carbocycles. The minimum absolute atomic E-state index is 0.0125. The van der Waals surface area contributed by atoms with E-state index in [4.69, 9.17) is 5.11 Å². The summed E-state index contributed by atoms with van der Waals surface area (Å²) in [6.45, 7) is 26.1. The lowest BCUT2D eigenvalue weighted by atomic mass is 10.1. The summed E-state index contributed by atoms with van der Waals surface area (Å²) < 4.78 is 0. The molecular formula is C31H53N5O4. The molecule has 0 unspecified atom stereocenters. The number of rotatable bonds is 12. The van der Waals surface area contributed by atoms with Crippen LogP contribution in [0.1, 0.15) is 54.0 Å². The Morgan fingerprint density at radius 1 is 1.02 bits per heavy atom. The highest BCUT2D eigenvalue weighted by molar-refractivity contribution is 5.88. The number of hydrogen-bond donors (Lipinski definition) is 4. The molecule has 2 rings (SSSR count). The largest absolute Gasteiger partial charge is 0.465 e. The maximum absolute atomic E-state index is 12.2. The Hall–Kier alpha value is -3.43. The van der Waals surface area contributed by atoms with Gasteiger partial charge in [-0.1, -0.05) is 72.9 Å². The molecule has 0 saturated heterocycles. The van der Waals surface area contributed by atoms with Crippen LogP contribution in [-0.2, 0) is 9.59 Å². The summed E-state index contributed by atoms with van der Waals surface area (Å²) >= 11 is 0. The number of nitrogens with zero attached hydrogens (tertiary/aromatic N) is 2. The number of carbonyl (C=O) groups excluding carboxylic acids is 2. The number of nitrogens with one attached hydrogen (secondary N) is 3. The zero-order chi connectivity index (χ0) is 31.3. The maximum atomic E-state index is 12.2. The topological polar surface area (TPSA) is 114 Å². The van der Waals surface area contributed by atoms with Crippen LogP contribution in [0.25, 0.3) is 0 Å². The van der Waals surface area contributed by atoms with Gasteiger partial charge in [-0.05, 0) is 49.7 Å². The van der Waals surface area contributed by atoms with Crippen molar-refractivity contribution in [2.75, 3.05) is 56.5 Å². The number of carboxylic acid groups (broad SMARTS) is 1. The zero-order valence-corrected chi connectivity index (χ0v) is 26.2. The van der Waals surface area contributed by atoms with Crippen molar-refractivity contribution in [3.05, 3.63) is 60.2 Å². The Labute approximate surface area is 242 Å². The molecule has 226 valence electrons. The van der Waals surface area contributed by atoms with Gasteiger partial charge in [0.2, 0.25) is 5.91 Å². The smallest absolute Gasteiger partial charge is 0.409 e. The van der Waals surface area contributed by atoms with Gasteiger partial charge in [-0.2, -0.15) is 0 Å². The number of likely N-dealkylation sites (N-methyl/N-ethyl adjacent to an activating group) is 1. The average Bonchev–Trinajstić information content (AvgIpc) is 3.29. The van der Waals surface area contributed by atoms with Crippen molar-refractivity contribution in [1.29, 1.82) is 0 Å². The highest BCUT2D eigenvalue weighted by atomic mass is 16.4. The van der Waals surface area contributed by atoms with Gasteiger partial charge in [0.25, 0.3) is 0 Å². The fourth-order valence-electron chi connectivity index (χ4n) is 3.67. The quantitative estimate of drug-likeness (QED) is 0.259. The predicted molar refractivity (Wildman–Crippen MR) is 169 cm³/mol. The number of aryl methyl sites for hydroxylation is 1. The second-order valence-electron chi connectivity index (χ2n) is 9.08. The summed E-state index contributed by atoms with van der Waals surface area (Å²) in [7, 11) is 2.10. The fraction of sp³-hybridized carbons (Fsp3) is 0.516. The molecule has 0 aromatic heterocycles. The number of Topliss-reactive ketones (excluding diaryl/α,β-unsaturated/α-hetero) is 1. The Morgan fingerprint density at radius 2 is 1.57 bits per heavy atom. The summed E-state index contributed by atoms with van der Waals surface area (Å²) in [5.74, 6) is -0.289. The van der Waals surface area contributed by atoms with E-state index in [1.54, 1.807) is 23.1 Å². The number of anilines is 2. The monoisotopic (exact) mass is 559 g/mol. The molecule has 9 heteroatoms. The van der Waals surface area contributed by atoms with Crippen molar-refractivity contribution in [2.24, 2.45) is 0 Å². The first-order valence-corrected chi connectivity index (χ1v) is 14.0. The Kier molecular flexibility index (Phi) is 21.7. The van der Waals surface area contributed by atoms with Gasteiger partial charge in [-0.25, -0.2) is 4.79 Å². The van der Waals surface area contributed by atoms with Crippen LogP contribution in [0.5, 0.6) is 0 Å². The van der Waals surface area contributed by atoms with E-state index in [-0.39, 0.29) is 24.8 Å². The van der Waals surface area contributed by atoms with Crippen LogP contribution in [-0.4, -0.2) is 80.1 Å². The molecule has 0 radical (unpaired) electrons. The SMILES string of the molecule is C=CC1=C(C=C)CN(C)C1.CC.CC.CC(=O)CN(CC(=O)NCCNC(C)C)c1cc(NC(=O)O)ccc1C. The van der Waals surface area contributed by atoms with Gasteiger partial charge in [0.05, 0.1) is 13.1 Å². The van der Waals surface area contributed by atoms with Gasteiger partial charge in [0.15, 0.2) is 0 Å². The third-order valence-corrected chi connectivity index (χ3v) is 5.33. The maximum Gasteiger partial charge on any atom is 0.409 e. The van der Waals surface area contributed by atoms with Crippen molar-refractivity contribution < 1.29 is 19.5 Å². The highest BCUT2D eigenvalue weighted by Crippen LogP contribution is 2.24. The third-order valence-electron chi connectivity index (χ3n) is 5.33. The molecule has 1 aliphatic heterocycles. The van der Waals surface area contributed by atoms with E-state index in [1.165, 1.54) is 18.1 Å². The molecule has 1 aromatic carbocycles. The van der Waals surface area contributed by atoms with Gasteiger partial charge < -0.3 is 20.6 Å². The van der Waals surface area contributed by atoms with E-state index in [0.717, 1.165) is 18.7 Å². The van der Waals surface area contributed by atoms with Crippen LogP contribution in [0.3, 0.4) is 0 Å².